The number of nitrogens with zero attached hydrogens (tertiary/aromatic N) is 4. The van der Waals surface area contributed by atoms with Gasteiger partial charge in [-0.05, 0) is 20.5 Å². The van der Waals surface area contributed by atoms with Crippen LogP contribution in [0.1, 0.15) is 18.3 Å². The largest absolute Gasteiger partial charge is 0.354 e. The minimum absolute atomic E-state index is 0.846. The zero-order chi connectivity index (χ0) is 13.0. The van der Waals surface area contributed by atoms with Crippen LogP contribution in [-0.2, 0) is 6.54 Å². The van der Waals surface area contributed by atoms with E-state index >= 15 is 0 Å². The highest BCUT2D eigenvalue weighted by molar-refractivity contribution is 5.46. The second kappa shape index (κ2) is 6.11. The molecule has 0 saturated carbocycles. The number of aryl methyl sites for hydroxylation is 1. The third-order valence-corrected chi connectivity index (χ3v) is 3.33. The maximum absolute atomic E-state index is 4.63. The number of rotatable bonds is 4. The fourth-order valence-corrected chi connectivity index (χ4v) is 2.16. The summed E-state index contributed by atoms with van der Waals surface area (Å²) in [7, 11) is 2.17. The summed E-state index contributed by atoms with van der Waals surface area (Å²) >= 11 is 0. The Morgan fingerprint density at radius 3 is 2.67 bits per heavy atom. The lowest BCUT2D eigenvalue weighted by atomic mass is 10.2. The highest BCUT2D eigenvalue weighted by Crippen LogP contribution is 2.18. The number of hydrogen-bond acceptors (Lipinski definition) is 5. The Bertz CT molecular complexity index is 385. The molecule has 1 aliphatic rings. The van der Waals surface area contributed by atoms with Crippen LogP contribution in [0.25, 0.3) is 0 Å². The summed E-state index contributed by atoms with van der Waals surface area (Å²) in [4.78, 5) is 13.7. The molecule has 0 unspecified atom stereocenters. The first-order chi connectivity index (χ1) is 8.70. The monoisotopic (exact) mass is 249 g/mol. The Hall–Kier alpha value is -1.20. The second-order valence-corrected chi connectivity index (χ2v) is 4.84. The van der Waals surface area contributed by atoms with Crippen LogP contribution in [0.2, 0.25) is 0 Å². The van der Waals surface area contributed by atoms with Crippen LogP contribution in [0.5, 0.6) is 0 Å². The molecule has 0 atom stereocenters. The molecule has 5 heteroatoms. The minimum Gasteiger partial charge on any atom is -0.354 e. The topological polar surface area (TPSA) is 44.3 Å². The summed E-state index contributed by atoms with van der Waals surface area (Å²) < 4.78 is 0. The van der Waals surface area contributed by atoms with E-state index in [1.807, 2.05) is 13.1 Å². The number of likely N-dealkylation sites (N-methyl/N-ethyl adjacent to an activating group) is 1. The number of piperazine rings is 1. The van der Waals surface area contributed by atoms with E-state index in [4.69, 9.17) is 0 Å². The van der Waals surface area contributed by atoms with Crippen LogP contribution < -0.4 is 10.2 Å². The van der Waals surface area contributed by atoms with Crippen LogP contribution in [0, 0.1) is 6.92 Å². The number of anilines is 1. The normalized spacial score (nSPS) is 17.2. The van der Waals surface area contributed by atoms with Crippen molar-refractivity contribution in [3.05, 3.63) is 17.6 Å². The first kappa shape index (κ1) is 13.2. The van der Waals surface area contributed by atoms with E-state index in [0.29, 0.717) is 0 Å². The Morgan fingerprint density at radius 1 is 1.28 bits per heavy atom. The van der Waals surface area contributed by atoms with Crippen LogP contribution in [0.4, 0.5) is 5.82 Å². The van der Waals surface area contributed by atoms with Gasteiger partial charge in [0.1, 0.15) is 11.6 Å². The lowest BCUT2D eigenvalue weighted by molar-refractivity contribution is 0.311. The van der Waals surface area contributed by atoms with Gasteiger partial charge < -0.3 is 15.1 Å². The van der Waals surface area contributed by atoms with Crippen molar-refractivity contribution in [2.75, 3.05) is 44.7 Å². The van der Waals surface area contributed by atoms with Gasteiger partial charge in [0.15, 0.2) is 0 Å². The first-order valence-corrected chi connectivity index (χ1v) is 6.67. The average Bonchev–Trinajstić information content (AvgIpc) is 2.38. The predicted molar refractivity (Wildman–Crippen MR) is 73.9 cm³/mol. The molecule has 2 rings (SSSR count). The summed E-state index contributed by atoms with van der Waals surface area (Å²) in [5.74, 6) is 1.96. The summed E-state index contributed by atoms with van der Waals surface area (Å²) in [6.07, 6.45) is 1.96. The summed E-state index contributed by atoms with van der Waals surface area (Å²) in [5, 5.41) is 3.36. The summed E-state index contributed by atoms with van der Waals surface area (Å²) in [6, 6.07) is 0. The van der Waals surface area contributed by atoms with Gasteiger partial charge in [0.25, 0.3) is 0 Å². The van der Waals surface area contributed by atoms with E-state index in [0.717, 1.165) is 50.9 Å². The van der Waals surface area contributed by atoms with Gasteiger partial charge in [0.2, 0.25) is 0 Å². The molecule has 0 bridgehead atoms. The van der Waals surface area contributed by atoms with E-state index in [2.05, 4.69) is 39.1 Å². The molecule has 1 N–H and O–H groups in total. The number of nitrogens with one attached hydrogen (secondary N) is 1. The fraction of sp³-hybridized carbons (Fsp3) is 0.692. The standard InChI is InChI=1S/C13H23N5/c1-4-14-9-12-10-15-11(2)16-13(12)18-7-5-17(3)6-8-18/h10,14H,4-9H2,1-3H3. The zero-order valence-electron chi connectivity index (χ0n) is 11.6. The quantitative estimate of drug-likeness (QED) is 0.848. The minimum atomic E-state index is 0.846. The molecule has 0 aliphatic carbocycles. The molecule has 0 spiro atoms. The van der Waals surface area contributed by atoms with Crippen LogP contribution in [-0.4, -0.2) is 54.6 Å². The predicted octanol–water partition coefficient (Wildman–Crippen LogP) is 0.646. The van der Waals surface area contributed by atoms with Crippen molar-refractivity contribution < 1.29 is 0 Å². The molecule has 0 radical (unpaired) electrons. The Kier molecular flexibility index (Phi) is 4.49. The van der Waals surface area contributed by atoms with E-state index in [-0.39, 0.29) is 0 Å². The highest BCUT2D eigenvalue weighted by atomic mass is 15.3. The van der Waals surface area contributed by atoms with Crippen molar-refractivity contribution >= 4 is 5.82 Å². The van der Waals surface area contributed by atoms with Gasteiger partial charge >= 0.3 is 0 Å². The number of aromatic nitrogens is 2. The Labute approximate surface area is 109 Å². The molecule has 5 nitrogen and oxygen atoms in total. The molecule has 1 saturated heterocycles. The van der Waals surface area contributed by atoms with Gasteiger partial charge in [-0.15, -0.1) is 0 Å². The van der Waals surface area contributed by atoms with E-state index < -0.39 is 0 Å². The van der Waals surface area contributed by atoms with Crippen molar-refractivity contribution in [1.82, 2.24) is 20.2 Å². The maximum atomic E-state index is 4.63. The van der Waals surface area contributed by atoms with Crippen molar-refractivity contribution in [3.63, 3.8) is 0 Å². The molecule has 100 valence electrons. The zero-order valence-corrected chi connectivity index (χ0v) is 11.6. The van der Waals surface area contributed by atoms with Crippen LogP contribution in [0.3, 0.4) is 0 Å². The van der Waals surface area contributed by atoms with Gasteiger partial charge in [-0.25, -0.2) is 9.97 Å². The van der Waals surface area contributed by atoms with Gasteiger partial charge in [-0.3, -0.25) is 0 Å². The fourth-order valence-electron chi connectivity index (χ4n) is 2.16. The maximum Gasteiger partial charge on any atom is 0.136 e. The molecule has 1 fully saturated rings. The van der Waals surface area contributed by atoms with E-state index in [9.17, 15) is 0 Å². The number of hydrogen-bond donors (Lipinski definition) is 1. The van der Waals surface area contributed by atoms with Crippen LogP contribution >= 0.6 is 0 Å². The molecule has 2 heterocycles. The lowest BCUT2D eigenvalue weighted by Gasteiger charge is -2.34. The van der Waals surface area contributed by atoms with Crippen molar-refractivity contribution in [2.45, 2.75) is 20.4 Å². The Balaban J connectivity index is 2.16. The molecule has 1 aromatic rings. The first-order valence-electron chi connectivity index (χ1n) is 6.67. The van der Waals surface area contributed by atoms with E-state index in [1.165, 1.54) is 5.56 Å². The molecule has 1 aromatic heterocycles. The molecule has 0 amide bonds. The third kappa shape index (κ3) is 3.17. The average molecular weight is 249 g/mol. The molecular formula is C13H23N5. The van der Waals surface area contributed by atoms with Gasteiger partial charge in [-0.2, -0.15) is 0 Å². The Morgan fingerprint density at radius 2 is 2.00 bits per heavy atom. The van der Waals surface area contributed by atoms with Crippen molar-refractivity contribution in [2.24, 2.45) is 0 Å². The molecule has 0 aromatic carbocycles. The highest BCUT2D eigenvalue weighted by Gasteiger charge is 2.18. The smallest absolute Gasteiger partial charge is 0.136 e. The summed E-state index contributed by atoms with van der Waals surface area (Å²) in [5.41, 5.74) is 1.20. The molecular weight excluding hydrogens is 226 g/mol. The SMILES string of the molecule is CCNCc1cnc(C)nc1N1CCN(C)CC1. The summed E-state index contributed by atoms with van der Waals surface area (Å²) in [6.45, 7) is 10.2. The van der Waals surface area contributed by atoms with E-state index in [1.54, 1.807) is 0 Å². The van der Waals surface area contributed by atoms with Crippen molar-refractivity contribution in [3.8, 4) is 0 Å². The van der Waals surface area contributed by atoms with Gasteiger partial charge in [-0.1, -0.05) is 6.92 Å². The van der Waals surface area contributed by atoms with Gasteiger partial charge in [0, 0.05) is 44.5 Å². The molecule has 1 aliphatic heterocycles. The lowest BCUT2D eigenvalue weighted by Crippen LogP contribution is -2.45. The molecule has 18 heavy (non-hydrogen) atoms. The van der Waals surface area contributed by atoms with Crippen molar-refractivity contribution in [1.29, 1.82) is 0 Å². The third-order valence-electron chi connectivity index (χ3n) is 3.33. The van der Waals surface area contributed by atoms with Gasteiger partial charge in [0.05, 0.1) is 0 Å². The van der Waals surface area contributed by atoms with Crippen LogP contribution in [0.15, 0.2) is 6.20 Å². The second-order valence-electron chi connectivity index (χ2n) is 4.84.